The van der Waals surface area contributed by atoms with Crippen LogP contribution in [0.25, 0.3) is 0 Å². The summed E-state index contributed by atoms with van der Waals surface area (Å²) in [5, 5.41) is 30.1. The van der Waals surface area contributed by atoms with E-state index in [-0.39, 0.29) is 35.7 Å². The number of ether oxygens (including phenoxy) is 1. The molecule has 2 rings (SSSR count). The first-order valence-electron chi connectivity index (χ1n) is 7.52. The van der Waals surface area contributed by atoms with Gasteiger partial charge in [-0.15, -0.1) is 0 Å². The zero-order valence-electron chi connectivity index (χ0n) is 13.4. The van der Waals surface area contributed by atoms with Crippen LogP contribution in [0.3, 0.4) is 0 Å². The SMILES string of the molecule is O=C(O)c1c(Nc2ccc(I)cc2F)cc(F)cc1OCCC(O)CO. The average Bonchev–Trinajstić information content (AvgIpc) is 2.56. The van der Waals surface area contributed by atoms with Crippen molar-refractivity contribution in [2.45, 2.75) is 12.5 Å². The van der Waals surface area contributed by atoms with Crippen LogP contribution in [-0.4, -0.2) is 40.6 Å². The molecule has 0 aliphatic carbocycles. The molecule has 9 heteroatoms. The summed E-state index contributed by atoms with van der Waals surface area (Å²) in [6.07, 6.45) is -1.00. The Labute approximate surface area is 161 Å². The lowest BCUT2D eigenvalue weighted by Crippen LogP contribution is -2.17. The molecule has 2 aromatic rings. The zero-order valence-corrected chi connectivity index (χ0v) is 15.5. The lowest BCUT2D eigenvalue weighted by atomic mass is 10.1. The Morgan fingerprint density at radius 2 is 1.96 bits per heavy atom. The van der Waals surface area contributed by atoms with E-state index in [0.29, 0.717) is 3.57 Å². The molecule has 0 saturated heterocycles. The Balaban J connectivity index is 2.34. The third-order valence-corrected chi connectivity index (χ3v) is 4.07. The molecule has 2 aromatic carbocycles. The summed E-state index contributed by atoms with van der Waals surface area (Å²) in [5.41, 5.74) is -0.557. The quantitative estimate of drug-likeness (QED) is 0.435. The number of halogens is 3. The molecule has 1 atom stereocenters. The van der Waals surface area contributed by atoms with Gasteiger partial charge in [0.15, 0.2) is 0 Å². The van der Waals surface area contributed by atoms with Gasteiger partial charge in [0, 0.05) is 16.1 Å². The van der Waals surface area contributed by atoms with Gasteiger partial charge in [-0.3, -0.25) is 0 Å². The van der Waals surface area contributed by atoms with Crippen LogP contribution in [0.15, 0.2) is 30.3 Å². The van der Waals surface area contributed by atoms with Gasteiger partial charge >= 0.3 is 5.97 Å². The Bertz CT molecular complexity index is 803. The first kappa shape index (κ1) is 20.3. The molecule has 0 heterocycles. The van der Waals surface area contributed by atoms with Crippen LogP contribution in [0.1, 0.15) is 16.8 Å². The van der Waals surface area contributed by atoms with Gasteiger partial charge in [-0.2, -0.15) is 0 Å². The topological polar surface area (TPSA) is 99.0 Å². The zero-order chi connectivity index (χ0) is 19.3. The minimum absolute atomic E-state index is 0.0137. The molecule has 0 amide bonds. The number of nitrogens with one attached hydrogen (secondary N) is 1. The van der Waals surface area contributed by atoms with E-state index in [0.717, 1.165) is 12.1 Å². The Kier molecular flexibility index (Phi) is 7.12. The molecule has 0 radical (unpaired) electrons. The first-order chi connectivity index (χ1) is 12.3. The number of carboxylic acid groups (broad SMARTS) is 1. The maximum Gasteiger partial charge on any atom is 0.341 e. The van der Waals surface area contributed by atoms with E-state index >= 15 is 0 Å². The number of aromatic carboxylic acids is 1. The number of anilines is 2. The number of carboxylic acids is 1. The summed E-state index contributed by atoms with van der Waals surface area (Å²) in [6.45, 7) is -0.611. The number of aliphatic hydroxyl groups is 2. The van der Waals surface area contributed by atoms with E-state index in [4.69, 9.17) is 9.84 Å². The molecule has 4 N–H and O–H groups in total. The fourth-order valence-electron chi connectivity index (χ4n) is 2.15. The monoisotopic (exact) mass is 479 g/mol. The molecule has 0 aliphatic heterocycles. The van der Waals surface area contributed by atoms with Crippen molar-refractivity contribution in [3.8, 4) is 5.75 Å². The number of carbonyl (C=O) groups is 1. The van der Waals surface area contributed by atoms with Crippen molar-refractivity contribution >= 4 is 39.9 Å². The Hall–Kier alpha value is -1.98. The van der Waals surface area contributed by atoms with Crippen LogP contribution < -0.4 is 10.1 Å². The predicted octanol–water partition coefficient (Wildman–Crippen LogP) is 3.13. The van der Waals surface area contributed by atoms with Crippen LogP contribution in [0.4, 0.5) is 20.2 Å². The number of benzene rings is 2. The number of rotatable bonds is 8. The lowest BCUT2D eigenvalue weighted by Gasteiger charge is -2.16. The lowest BCUT2D eigenvalue weighted by molar-refractivity contribution is 0.0681. The standard InChI is InChI=1S/C17H16F2INO5/c18-9-5-14(21-13-2-1-10(20)7-12(13)19)16(17(24)25)15(6-9)26-4-3-11(23)8-22/h1-2,5-7,11,21-23H,3-4,8H2,(H,24,25). The van der Waals surface area contributed by atoms with Gasteiger partial charge in [0.2, 0.25) is 0 Å². The van der Waals surface area contributed by atoms with Crippen molar-refractivity contribution in [3.05, 3.63) is 51.1 Å². The second kappa shape index (κ2) is 9.10. The van der Waals surface area contributed by atoms with E-state index in [1.165, 1.54) is 12.1 Å². The Morgan fingerprint density at radius 1 is 1.23 bits per heavy atom. The van der Waals surface area contributed by atoms with Crippen molar-refractivity contribution in [3.63, 3.8) is 0 Å². The second-order valence-electron chi connectivity index (χ2n) is 5.35. The van der Waals surface area contributed by atoms with Gasteiger partial charge in [-0.1, -0.05) is 0 Å². The molecule has 1 unspecified atom stereocenters. The molecule has 140 valence electrons. The molecule has 26 heavy (non-hydrogen) atoms. The Morgan fingerprint density at radius 3 is 2.58 bits per heavy atom. The van der Waals surface area contributed by atoms with Crippen LogP contribution in [-0.2, 0) is 0 Å². The van der Waals surface area contributed by atoms with E-state index in [1.807, 2.05) is 22.6 Å². The molecule has 0 fully saturated rings. The maximum atomic E-state index is 14.0. The molecular formula is C17H16F2INO5. The van der Waals surface area contributed by atoms with Crippen molar-refractivity contribution in [2.75, 3.05) is 18.5 Å². The van der Waals surface area contributed by atoms with Gasteiger partial charge in [0.1, 0.15) is 22.9 Å². The van der Waals surface area contributed by atoms with Crippen LogP contribution >= 0.6 is 22.6 Å². The van der Waals surface area contributed by atoms with Crippen LogP contribution in [0, 0.1) is 15.2 Å². The summed E-state index contributed by atoms with van der Waals surface area (Å²) in [7, 11) is 0. The summed E-state index contributed by atoms with van der Waals surface area (Å²) in [5.74, 6) is -3.06. The van der Waals surface area contributed by atoms with E-state index in [1.54, 1.807) is 6.07 Å². The molecule has 0 aliphatic rings. The molecule has 0 bridgehead atoms. The van der Waals surface area contributed by atoms with E-state index in [9.17, 15) is 23.8 Å². The van der Waals surface area contributed by atoms with E-state index in [2.05, 4.69) is 5.32 Å². The molecule has 0 spiro atoms. The smallest absolute Gasteiger partial charge is 0.341 e. The fourth-order valence-corrected chi connectivity index (χ4v) is 2.60. The van der Waals surface area contributed by atoms with Crippen molar-refractivity contribution < 1.29 is 33.6 Å². The average molecular weight is 479 g/mol. The normalized spacial score (nSPS) is 11.9. The fraction of sp³-hybridized carbons (Fsp3) is 0.235. The predicted molar refractivity (Wildman–Crippen MR) is 99.0 cm³/mol. The third-order valence-electron chi connectivity index (χ3n) is 3.40. The highest BCUT2D eigenvalue weighted by atomic mass is 127. The van der Waals surface area contributed by atoms with E-state index < -0.39 is 30.3 Å². The van der Waals surface area contributed by atoms with Gasteiger partial charge in [-0.25, -0.2) is 13.6 Å². The van der Waals surface area contributed by atoms with Gasteiger partial charge in [0.05, 0.1) is 30.7 Å². The summed E-state index contributed by atoms with van der Waals surface area (Å²) >= 11 is 1.92. The number of hydrogen-bond acceptors (Lipinski definition) is 5. The highest BCUT2D eigenvalue weighted by Crippen LogP contribution is 2.32. The van der Waals surface area contributed by atoms with Crippen LogP contribution in [0.2, 0.25) is 0 Å². The number of aliphatic hydroxyl groups excluding tert-OH is 2. The van der Waals surface area contributed by atoms with Crippen molar-refractivity contribution in [2.24, 2.45) is 0 Å². The second-order valence-corrected chi connectivity index (χ2v) is 6.60. The van der Waals surface area contributed by atoms with Gasteiger partial charge in [-0.05, 0) is 46.9 Å². The maximum absolute atomic E-state index is 14.0. The van der Waals surface area contributed by atoms with Gasteiger partial charge in [0.25, 0.3) is 0 Å². The minimum atomic E-state index is -1.39. The van der Waals surface area contributed by atoms with Crippen molar-refractivity contribution in [1.82, 2.24) is 0 Å². The number of hydrogen-bond donors (Lipinski definition) is 4. The first-order valence-corrected chi connectivity index (χ1v) is 8.60. The summed E-state index contributed by atoms with van der Waals surface area (Å²) in [6, 6.07) is 6.09. The summed E-state index contributed by atoms with van der Waals surface area (Å²) < 4.78 is 33.8. The summed E-state index contributed by atoms with van der Waals surface area (Å²) in [4.78, 5) is 11.6. The van der Waals surface area contributed by atoms with Crippen LogP contribution in [0.5, 0.6) is 5.75 Å². The molecule has 0 aromatic heterocycles. The largest absolute Gasteiger partial charge is 0.492 e. The van der Waals surface area contributed by atoms with Gasteiger partial charge < -0.3 is 25.4 Å². The molecule has 6 nitrogen and oxygen atoms in total. The molecule has 0 saturated carbocycles. The highest BCUT2D eigenvalue weighted by Gasteiger charge is 2.20. The minimum Gasteiger partial charge on any atom is -0.492 e. The molecular weight excluding hydrogens is 463 g/mol. The van der Waals surface area contributed by atoms with Crippen molar-refractivity contribution in [1.29, 1.82) is 0 Å². The highest BCUT2D eigenvalue weighted by molar-refractivity contribution is 14.1. The third kappa shape index (κ3) is 5.26.